The Morgan fingerprint density at radius 1 is 1.07 bits per heavy atom. The van der Waals surface area contributed by atoms with Gasteiger partial charge in [0.05, 0.1) is 11.3 Å². The number of esters is 1. The van der Waals surface area contributed by atoms with Crippen molar-refractivity contribution >= 4 is 29.5 Å². The van der Waals surface area contributed by atoms with Gasteiger partial charge in [-0.15, -0.1) is 0 Å². The van der Waals surface area contributed by atoms with E-state index in [1.54, 1.807) is 48.5 Å². The van der Waals surface area contributed by atoms with Crippen molar-refractivity contribution in [1.29, 1.82) is 5.26 Å². The van der Waals surface area contributed by atoms with E-state index in [-0.39, 0.29) is 5.70 Å². The van der Waals surface area contributed by atoms with E-state index in [2.05, 4.69) is 10.6 Å². The highest BCUT2D eigenvalue weighted by atomic mass is 16.5. The molecule has 2 N–H and O–H groups in total. The fourth-order valence-electron chi connectivity index (χ4n) is 2.14. The Morgan fingerprint density at radius 2 is 1.74 bits per heavy atom. The second kappa shape index (κ2) is 9.53. The van der Waals surface area contributed by atoms with Crippen LogP contribution in [-0.2, 0) is 19.1 Å². The molecule has 0 aliphatic heterocycles. The SMILES string of the molecule is CC(=O)N/C(=C\c1ccccc1)C(=O)OCC(=O)Nc1ccccc1C#N. The van der Waals surface area contributed by atoms with Crippen molar-refractivity contribution in [2.75, 3.05) is 11.9 Å². The largest absolute Gasteiger partial charge is 0.451 e. The first-order valence-corrected chi connectivity index (χ1v) is 8.00. The standard InChI is InChI=1S/C20H17N3O4/c1-14(24)22-18(11-15-7-3-2-4-8-15)20(26)27-13-19(25)23-17-10-6-5-9-16(17)12-21/h2-11H,13H2,1H3,(H,22,24)(H,23,25)/b18-11-. The average Bonchev–Trinajstić information content (AvgIpc) is 2.66. The van der Waals surface area contributed by atoms with Crippen LogP contribution in [0.3, 0.4) is 0 Å². The molecule has 136 valence electrons. The van der Waals surface area contributed by atoms with Gasteiger partial charge in [0.1, 0.15) is 11.8 Å². The van der Waals surface area contributed by atoms with E-state index in [0.717, 1.165) is 0 Å². The summed E-state index contributed by atoms with van der Waals surface area (Å²) in [6.45, 7) is 0.696. The lowest BCUT2D eigenvalue weighted by molar-refractivity contribution is -0.144. The number of hydrogen-bond acceptors (Lipinski definition) is 5. The molecule has 0 radical (unpaired) electrons. The van der Waals surface area contributed by atoms with E-state index in [1.165, 1.54) is 13.0 Å². The number of nitriles is 1. The van der Waals surface area contributed by atoms with Crippen molar-refractivity contribution in [3.05, 3.63) is 71.4 Å². The number of nitrogens with one attached hydrogen (secondary N) is 2. The quantitative estimate of drug-likeness (QED) is 0.604. The number of para-hydroxylation sites is 1. The first-order chi connectivity index (χ1) is 13.0. The number of benzene rings is 2. The van der Waals surface area contributed by atoms with E-state index in [1.807, 2.05) is 12.1 Å². The fraction of sp³-hybridized carbons (Fsp3) is 0.100. The predicted octanol–water partition coefficient (Wildman–Crippen LogP) is 2.22. The third kappa shape index (κ3) is 6.14. The summed E-state index contributed by atoms with van der Waals surface area (Å²) in [5, 5.41) is 13.9. The van der Waals surface area contributed by atoms with Crippen molar-refractivity contribution < 1.29 is 19.1 Å². The van der Waals surface area contributed by atoms with Crippen LogP contribution in [0.15, 0.2) is 60.3 Å². The molecule has 7 heteroatoms. The molecule has 27 heavy (non-hydrogen) atoms. The molecule has 0 aromatic heterocycles. The van der Waals surface area contributed by atoms with E-state index in [9.17, 15) is 14.4 Å². The highest BCUT2D eigenvalue weighted by Gasteiger charge is 2.15. The number of carbonyl (C=O) groups is 3. The molecule has 0 bridgehead atoms. The number of nitrogens with zero attached hydrogens (tertiary/aromatic N) is 1. The minimum atomic E-state index is -0.849. The summed E-state index contributed by atoms with van der Waals surface area (Å²) in [4.78, 5) is 35.5. The second-order valence-corrected chi connectivity index (χ2v) is 5.43. The van der Waals surface area contributed by atoms with Gasteiger partial charge in [-0.1, -0.05) is 42.5 Å². The summed E-state index contributed by atoms with van der Waals surface area (Å²) >= 11 is 0. The molecule has 0 saturated carbocycles. The van der Waals surface area contributed by atoms with Crippen molar-refractivity contribution in [3.63, 3.8) is 0 Å². The van der Waals surface area contributed by atoms with Crippen LogP contribution in [0.4, 0.5) is 5.69 Å². The molecule has 0 spiro atoms. The smallest absolute Gasteiger partial charge is 0.355 e. The lowest BCUT2D eigenvalue weighted by Gasteiger charge is -2.10. The number of amides is 2. The molecule has 2 rings (SSSR count). The zero-order chi connectivity index (χ0) is 19.6. The van der Waals surface area contributed by atoms with Crippen LogP contribution in [-0.4, -0.2) is 24.4 Å². The van der Waals surface area contributed by atoms with Crippen molar-refractivity contribution in [1.82, 2.24) is 5.32 Å². The summed E-state index contributed by atoms with van der Waals surface area (Å²) in [7, 11) is 0. The van der Waals surface area contributed by atoms with E-state index in [0.29, 0.717) is 16.8 Å². The highest BCUT2D eigenvalue weighted by Crippen LogP contribution is 2.13. The van der Waals surface area contributed by atoms with Gasteiger partial charge in [0.2, 0.25) is 5.91 Å². The van der Waals surface area contributed by atoms with Gasteiger partial charge in [-0.3, -0.25) is 9.59 Å². The third-order valence-corrected chi connectivity index (χ3v) is 3.30. The first-order valence-electron chi connectivity index (χ1n) is 8.00. The van der Waals surface area contributed by atoms with Crippen molar-refractivity contribution in [2.24, 2.45) is 0 Å². The maximum absolute atomic E-state index is 12.2. The Hall–Kier alpha value is -3.92. The van der Waals surface area contributed by atoms with Crippen LogP contribution in [0.25, 0.3) is 6.08 Å². The van der Waals surface area contributed by atoms with Gasteiger partial charge in [-0.25, -0.2) is 4.79 Å². The minimum absolute atomic E-state index is 0.0843. The van der Waals surface area contributed by atoms with E-state index < -0.39 is 24.4 Å². The van der Waals surface area contributed by atoms with E-state index >= 15 is 0 Å². The molecule has 0 unspecified atom stereocenters. The summed E-state index contributed by atoms with van der Waals surface area (Å²) in [6, 6.07) is 17.3. The maximum Gasteiger partial charge on any atom is 0.355 e. The highest BCUT2D eigenvalue weighted by molar-refractivity contribution is 5.99. The Morgan fingerprint density at radius 3 is 2.41 bits per heavy atom. The van der Waals surface area contributed by atoms with Crippen LogP contribution in [0.1, 0.15) is 18.1 Å². The zero-order valence-corrected chi connectivity index (χ0v) is 14.6. The summed E-state index contributed by atoms with van der Waals surface area (Å²) in [5.74, 6) is -1.90. The molecule has 0 atom stereocenters. The maximum atomic E-state index is 12.2. The molecule has 2 amide bonds. The number of rotatable bonds is 6. The van der Waals surface area contributed by atoms with Gasteiger partial charge >= 0.3 is 5.97 Å². The monoisotopic (exact) mass is 363 g/mol. The number of hydrogen-bond donors (Lipinski definition) is 2. The van der Waals surface area contributed by atoms with E-state index in [4.69, 9.17) is 10.00 Å². The van der Waals surface area contributed by atoms with Gasteiger partial charge in [-0.2, -0.15) is 5.26 Å². The summed E-state index contributed by atoms with van der Waals surface area (Å²) in [6.07, 6.45) is 1.45. The molecule has 0 aliphatic carbocycles. The van der Waals surface area contributed by atoms with Gasteiger partial charge in [0.15, 0.2) is 6.61 Å². The molecule has 0 heterocycles. The summed E-state index contributed by atoms with van der Waals surface area (Å²) < 4.78 is 4.97. The zero-order valence-electron chi connectivity index (χ0n) is 14.6. The topological polar surface area (TPSA) is 108 Å². The number of ether oxygens (including phenoxy) is 1. The van der Waals surface area contributed by atoms with Crippen LogP contribution >= 0.6 is 0 Å². The Balaban J connectivity index is 2.02. The summed E-state index contributed by atoms with van der Waals surface area (Å²) in [5.41, 5.74) is 1.22. The predicted molar refractivity (Wildman–Crippen MR) is 99.0 cm³/mol. The molecule has 0 fully saturated rings. The minimum Gasteiger partial charge on any atom is -0.451 e. The molecule has 7 nitrogen and oxygen atoms in total. The van der Waals surface area contributed by atoms with Gasteiger partial charge in [-0.05, 0) is 23.8 Å². The normalized spacial score (nSPS) is 10.4. The van der Waals surface area contributed by atoms with Crippen molar-refractivity contribution in [3.8, 4) is 6.07 Å². The van der Waals surface area contributed by atoms with Crippen LogP contribution in [0.2, 0.25) is 0 Å². The molecule has 0 saturated heterocycles. The fourth-order valence-corrected chi connectivity index (χ4v) is 2.14. The molecular formula is C20H17N3O4. The Labute approximate surface area is 156 Å². The number of anilines is 1. The first kappa shape index (κ1) is 19.4. The molecule has 2 aromatic carbocycles. The van der Waals surface area contributed by atoms with Crippen LogP contribution in [0, 0.1) is 11.3 Å². The van der Waals surface area contributed by atoms with Gasteiger partial charge in [0.25, 0.3) is 5.91 Å². The van der Waals surface area contributed by atoms with Gasteiger partial charge < -0.3 is 15.4 Å². The average molecular weight is 363 g/mol. The Bertz CT molecular complexity index is 914. The van der Waals surface area contributed by atoms with Gasteiger partial charge in [0, 0.05) is 6.92 Å². The van der Waals surface area contributed by atoms with Crippen LogP contribution in [0.5, 0.6) is 0 Å². The molecular weight excluding hydrogens is 346 g/mol. The Kier molecular flexibility index (Phi) is 6.85. The lowest BCUT2D eigenvalue weighted by atomic mass is 10.2. The third-order valence-electron chi connectivity index (χ3n) is 3.30. The second-order valence-electron chi connectivity index (χ2n) is 5.43. The molecule has 2 aromatic rings. The van der Waals surface area contributed by atoms with Crippen LogP contribution < -0.4 is 10.6 Å². The molecule has 0 aliphatic rings. The van der Waals surface area contributed by atoms with Crippen molar-refractivity contribution in [2.45, 2.75) is 6.92 Å². The lowest BCUT2D eigenvalue weighted by Crippen LogP contribution is -2.29. The number of carbonyl (C=O) groups excluding carboxylic acids is 3.